The lowest BCUT2D eigenvalue weighted by atomic mass is 10.3. The van der Waals surface area contributed by atoms with Gasteiger partial charge in [-0.2, -0.15) is 0 Å². The molecule has 0 aromatic heterocycles. The van der Waals surface area contributed by atoms with Crippen LogP contribution in [-0.2, 0) is 19.9 Å². The number of ether oxygens (including phenoxy) is 2. The zero-order chi connectivity index (χ0) is 11.8. The normalized spacial score (nSPS) is 10.1. The smallest absolute Gasteiger partial charge is 0.431 e. The van der Waals surface area contributed by atoms with Gasteiger partial charge in [0.15, 0.2) is 0 Å². The molecule has 0 heterocycles. The molecule has 0 amide bonds. The van der Waals surface area contributed by atoms with E-state index in [1.54, 1.807) is 30.3 Å². The summed E-state index contributed by atoms with van der Waals surface area (Å²) < 4.78 is 33.4. The molecule has 1 rings (SSSR count). The molecule has 1 aromatic rings. The predicted molar refractivity (Wildman–Crippen MR) is 54.7 cm³/mol. The highest BCUT2D eigenvalue weighted by Crippen LogP contribution is 2.08. The number of carbonyl (C=O) groups is 1. The van der Waals surface area contributed by atoms with E-state index < -0.39 is 17.1 Å². The molecule has 0 radical (unpaired) electrons. The Morgan fingerprint density at radius 1 is 1.12 bits per heavy atom. The van der Waals surface area contributed by atoms with Crippen molar-refractivity contribution in [3.8, 4) is 5.75 Å². The van der Waals surface area contributed by atoms with Crippen molar-refractivity contribution in [1.29, 1.82) is 0 Å². The van der Waals surface area contributed by atoms with E-state index in [9.17, 15) is 13.2 Å². The van der Waals surface area contributed by atoms with Crippen LogP contribution in [0.1, 0.15) is 0 Å². The van der Waals surface area contributed by atoms with Crippen LogP contribution in [0.15, 0.2) is 30.3 Å². The maximum atomic E-state index is 11.0. The summed E-state index contributed by atoms with van der Waals surface area (Å²) in [6.07, 6.45) is -0.907. The third-order valence-electron chi connectivity index (χ3n) is 1.44. The summed E-state index contributed by atoms with van der Waals surface area (Å²) >= 11 is 0. The second-order valence-electron chi connectivity index (χ2n) is 2.57. The van der Waals surface area contributed by atoms with Crippen LogP contribution in [0.2, 0.25) is 0 Å². The topological polar surface area (TPSA) is 78.9 Å². The Hall–Kier alpha value is -1.60. The van der Waals surface area contributed by atoms with Crippen molar-refractivity contribution < 1.29 is 26.9 Å². The van der Waals surface area contributed by atoms with Crippen LogP contribution in [0, 0.1) is 0 Å². The number of benzene rings is 1. The lowest BCUT2D eigenvalue weighted by molar-refractivity contribution is 0.0863. The maximum Gasteiger partial charge on any atom is 0.513 e. The van der Waals surface area contributed by atoms with E-state index >= 15 is 0 Å². The first-order valence-electron chi connectivity index (χ1n) is 4.35. The molecule has 88 valence electrons. The fraction of sp³-hybridized carbons (Fsp3) is 0.222. The largest absolute Gasteiger partial charge is 0.513 e. The van der Waals surface area contributed by atoms with Gasteiger partial charge in [0.1, 0.15) is 19.0 Å². The Bertz CT molecular complexity index is 392. The van der Waals surface area contributed by atoms with E-state index in [4.69, 9.17) is 4.74 Å². The van der Waals surface area contributed by atoms with E-state index in [0.717, 1.165) is 0 Å². The summed E-state index contributed by atoms with van der Waals surface area (Å²) in [4.78, 5) is 11.0. The molecule has 0 aliphatic carbocycles. The molecule has 0 bridgehead atoms. The third kappa shape index (κ3) is 5.32. The first kappa shape index (κ1) is 12.5. The molecule has 0 spiro atoms. The average molecular weight is 246 g/mol. The van der Waals surface area contributed by atoms with Gasteiger partial charge in [0.2, 0.25) is 0 Å². The van der Waals surface area contributed by atoms with Crippen LogP contribution in [0.4, 0.5) is 4.79 Å². The fourth-order valence-electron chi connectivity index (χ4n) is 0.851. The number of carbonyl (C=O) groups excluding carboxylic acids is 1. The molecule has 1 aromatic carbocycles. The number of para-hydroxylation sites is 1. The van der Waals surface area contributed by atoms with Gasteiger partial charge < -0.3 is 9.47 Å². The Balaban J connectivity index is 2.21. The molecule has 16 heavy (non-hydrogen) atoms. The summed E-state index contributed by atoms with van der Waals surface area (Å²) in [7, 11) is -2.91. The summed E-state index contributed by atoms with van der Waals surface area (Å²) in [5.41, 5.74) is 0. The molecule has 6 nitrogen and oxygen atoms in total. The van der Waals surface area contributed by atoms with Crippen LogP contribution in [0.3, 0.4) is 0 Å². The molecule has 0 saturated heterocycles. The van der Waals surface area contributed by atoms with E-state index in [0.29, 0.717) is 5.75 Å². The van der Waals surface area contributed by atoms with Crippen molar-refractivity contribution in [2.45, 2.75) is 0 Å². The molecule has 0 unspecified atom stereocenters. The molecule has 0 fully saturated rings. The van der Waals surface area contributed by atoms with Crippen molar-refractivity contribution in [2.24, 2.45) is 0 Å². The summed E-state index contributed by atoms with van der Waals surface area (Å²) in [6, 6.07) is 8.36. The SMILES string of the molecule is O=C(OCCO[SH](=O)=O)Oc1ccccc1. The summed E-state index contributed by atoms with van der Waals surface area (Å²) in [5.74, 6) is 0.350. The van der Waals surface area contributed by atoms with Crippen LogP contribution in [-0.4, -0.2) is 27.8 Å². The minimum atomic E-state index is -2.91. The first-order valence-corrected chi connectivity index (χ1v) is 5.45. The van der Waals surface area contributed by atoms with E-state index in [1.807, 2.05) is 0 Å². The van der Waals surface area contributed by atoms with Gasteiger partial charge in [-0.1, -0.05) is 18.2 Å². The monoisotopic (exact) mass is 246 g/mol. The van der Waals surface area contributed by atoms with Gasteiger partial charge in [-0.05, 0) is 12.1 Å². The second kappa shape index (κ2) is 6.81. The molecule has 7 heteroatoms. The Morgan fingerprint density at radius 2 is 1.81 bits per heavy atom. The molecule has 0 aliphatic rings. The Morgan fingerprint density at radius 3 is 2.44 bits per heavy atom. The third-order valence-corrected chi connectivity index (χ3v) is 1.84. The number of thiol groups is 1. The van der Waals surface area contributed by atoms with E-state index in [1.165, 1.54) is 0 Å². The molecule has 0 atom stereocenters. The highest BCUT2D eigenvalue weighted by atomic mass is 32.2. The summed E-state index contributed by atoms with van der Waals surface area (Å²) in [6.45, 7) is -0.405. The number of hydrogen-bond acceptors (Lipinski definition) is 6. The fourth-order valence-corrected chi connectivity index (χ4v) is 1.07. The summed E-state index contributed by atoms with van der Waals surface area (Å²) in [5, 5.41) is 0. The van der Waals surface area contributed by atoms with Gasteiger partial charge in [-0.15, -0.1) is 0 Å². The standard InChI is InChI=1S/C9H10O6S/c10-9(13-6-7-14-16(11)12)15-8-4-2-1-3-5-8/h1-5,16H,6-7H2. The number of rotatable bonds is 5. The molecular weight excluding hydrogens is 236 g/mol. The van der Waals surface area contributed by atoms with Crippen molar-refractivity contribution in [3.05, 3.63) is 30.3 Å². The first-order chi connectivity index (χ1) is 7.68. The zero-order valence-corrected chi connectivity index (χ0v) is 9.09. The molecule has 0 saturated carbocycles. The Kier molecular flexibility index (Phi) is 5.30. The van der Waals surface area contributed by atoms with Gasteiger partial charge in [-0.25, -0.2) is 13.2 Å². The van der Waals surface area contributed by atoms with Gasteiger partial charge in [-0.3, -0.25) is 4.18 Å². The van der Waals surface area contributed by atoms with E-state index in [2.05, 4.69) is 8.92 Å². The van der Waals surface area contributed by atoms with Gasteiger partial charge in [0.05, 0.1) is 0 Å². The molecular formula is C9H10O6S. The average Bonchev–Trinajstić information content (AvgIpc) is 2.25. The molecule has 0 aliphatic heterocycles. The predicted octanol–water partition coefficient (Wildman–Crippen LogP) is 0.745. The second-order valence-corrected chi connectivity index (χ2v) is 3.28. The zero-order valence-electron chi connectivity index (χ0n) is 8.20. The van der Waals surface area contributed by atoms with Crippen LogP contribution >= 0.6 is 0 Å². The molecule has 0 N–H and O–H groups in total. The highest BCUT2D eigenvalue weighted by molar-refractivity contribution is 7.67. The van der Waals surface area contributed by atoms with Crippen molar-refractivity contribution in [1.82, 2.24) is 0 Å². The minimum Gasteiger partial charge on any atom is -0.431 e. The van der Waals surface area contributed by atoms with Crippen molar-refractivity contribution in [2.75, 3.05) is 13.2 Å². The highest BCUT2D eigenvalue weighted by Gasteiger charge is 2.04. The van der Waals surface area contributed by atoms with E-state index in [-0.39, 0.29) is 13.2 Å². The minimum absolute atomic E-state index is 0.186. The Labute approximate surface area is 93.9 Å². The lowest BCUT2D eigenvalue weighted by Crippen LogP contribution is -2.14. The van der Waals surface area contributed by atoms with Gasteiger partial charge in [0.25, 0.3) is 11.0 Å². The maximum absolute atomic E-state index is 11.0. The van der Waals surface area contributed by atoms with Crippen LogP contribution in [0.25, 0.3) is 0 Å². The van der Waals surface area contributed by atoms with Crippen molar-refractivity contribution >= 4 is 17.1 Å². The lowest BCUT2D eigenvalue weighted by Gasteiger charge is -2.04. The van der Waals surface area contributed by atoms with Gasteiger partial charge >= 0.3 is 6.16 Å². The van der Waals surface area contributed by atoms with Crippen LogP contribution in [0.5, 0.6) is 5.75 Å². The van der Waals surface area contributed by atoms with Gasteiger partial charge in [0, 0.05) is 0 Å². The number of hydrogen-bond donors (Lipinski definition) is 1. The van der Waals surface area contributed by atoms with Crippen LogP contribution < -0.4 is 4.74 Å². The van der Waals surface area contributed by atoms with Crippen molar-refractivity contribution in [3.63, 3.8) is 0 Å². The quantitative estimate of drug-likeness (QED) is 0.357.